The number of aryl methyl sites for hydroxylation is 1. The van der Waals surface area contributed by atoms with Gasteiger partial charge in [-0.25, -0.2) is 0 Å². The number of benzene rings is 2. The first-order chi connectivity index (χ1) is 14.6. The van der Waals surface area contributed by atoms with Crippen molar-refractivity contribution in [2.75, 3.05) is 13.2 Å². The van der Waals surface area contributed by atoms with Crippen LogP contribution < -0.4 is 9.47 Å². The molecule has 8 nitrogen and oxygen atoms in total. The number of carbonyl (C=O) groups is 1. The SMILES string of the molecule is Cc1nc(-c2ccc(OCCCOc3ccc4c(ccn4CC(=O)O)c3)cc2)no1. The number of fused-ring (bicyclic) bond motifs is 1. The third-order valence-electron chi connectivity index (χ3n) is 4.51. The zero-order valence-corrected chi connectivity index (χ0v) is 16.4. The fraction of sp³-hybridized carbons (Fsp3) is 0.227. The van der Waals surface area contributed by atoms with E-state index in [2.05, 4.69) is 10.1 Å². The molecule has 0 aliphatic heterocycles. The normalized spacial score (nSPS) is 11.0. The highest BCUT2D eigenvalue weighted by molar-refractivity contribution is 5.83. The molecule has 2 aromatic heterocycles. The molecule has 0 atom stereocenters. The van der Waals surface area contributed by atoms with Gasteiger partial charge in [0.15, 0.2) is 0 Å². The molecular formula is C22H21N3O5. The summed E-state index contributed by atoms with van der Waals surface area (Å²) >= 11 is 0. The van der Waals surface area contributed by atoms with Gasteiger partial charge < -0.3 is 23.7 Å². The molecule has 0 saturated carbocycles. The molecule has 4 rings (SSSR count). The van der Waals surface area contributed by atoms with E-state index in [1.54, 1.807) is 17.7 Å². The number of carboxylic acids is 1. The summed E-state index contributed by atoms with van der Waals surface area (Å²) in [6, 6.07) is 15.0. The maximum absolute atomic E-state index is 10.9. The van der Waals surface area contributed by atoms with Crippen molar-refractivity contribution in [1.29, 1.82) is 0 Å². The van der Waals surface area contributed by atoms with Crippen molar-refractivity contribution in [2.45, 2.75) is 19.9 Å². The molecule has 4 aromatic rings. The summed E-state index contributed by atoms with van der Waals surface area (Å²) in [4.78, 5) is 15.1. The molecule has 0 fully saturated rings. The number of hydrogen-bond donors (Lipinski definition) is 1. The fourth-order valence-electron chi connectivity index (χ4n) is 3.11. The Balaban J connectivity index is 1.24. The second-order valence-corrected chi connectivity index (χ2v) is 6.77. The lowest BCUT2D eigenvalue weighted by molar-refractivity contribution is -0.137. The molecule has 8 heteroatoms. The van der Waals surface area contributed by atoms with E-state index in [0.29, 0.717) is 24.9 Å². The predicted octanol–water partition coefficient (Wildman–Crippen LogP) is 3.93. The molecule has 0 radical (unpaired) electrons. The van der Waals surface area contributed by atoms with Crippen LogP contribution in [0, 0.1) is 6.92 Å². The Bertz CT molecular complexity index is 1150. The van der Waals surface area contributed by atoms with Gasteiger partial charge in [0, 0.05) is 36.0 Å². The Morgan fingerprint density at radius 3 is 2.50 bits per heavy atom. The predicted molar refractivity (Wildman–Crippen MR) is 110 cm³/mol. The molecule has 0 aliphatic carbocycles. The average molecular weight is 407 g/mol. The largest absolute Gasteiger partial charge is 0.493 e. The van der Waals surface area contributed by atoms with E-state index in [1.165, 1.54) is 0 Å². The summed E-state index contributed by atoms with van der Waals surface area (Å²) in [6.07, 6.45) is 2.49. The van der Waals surface area contributed by atoms with Crippen molar-refractivity contribution in [3.63, 3.8) is 0 Å². The Morgan fingerprint density at radius 1 is 1.07 bits per heavy atom. The molecule has 0 saturated heterocycles. The lowest BCUT2D eigenvalue weighted by atomic mass is 10.2. The number of hydrogen-bond acceptors (Lipinski definition) is 6. The Kier molecular flexibility index (Phi) is 5.65. The Morgan fingerprint density at radius 2 is 1.80 bits per heavy atom. The van der Waals surface area contributed by atoms with E-state index in [0.717, 1.165) is 34.4 Å². The highest BCUT2D eigenvalue weighted by atomic mass is 16.5. The summed E-state index contributed by atoms with van der Waals surface area (Å²) < 4.78 is 18.2. The first kappa shape index (κ1) is 19.5. The Hall–Kier alpha value is -3.81. The van der Waals surface area contributed by atoms with Crippen LogP contribution in [-0.2, 0) is 11.3 Å². The number of ether oxygens (including phenoxy) is 2. The van der Waals surface area contributed by atoms with Gasteiger partial charge in [-0.2, -0.15) is 4.98 Å². The van der Waals surface area contributed by atoms with E-state index >= 15 is 0 Å². The maximum Gasteiger partial charge on any atom is 0.323 e. The van der Waals surface area contributed by atoms with E-state index < -0.39 is 5.97 Å². The van der Waals surface area contributed by atoms with Crippen molar-refractivity contribution in [2.24, 2.45) is 0 Å². The van der Waals surface area contributed by atoms with Crippen molar-refractivity contribution in [3.05, 3.63) is 60.6 Å². The van der Waals surface area contributed by atoms with Crippen molar-refractivity contribution in [3.8, 4) is 22.9 Å². The minimum atomic E-state index is -0.868. The van der Waals surface area contributed by atoms with Crippen LogP contribution in [0.5, 0.6) is 11.5 Å². The zero-order valence-electron chi connectivity index (χ0n) is 16.4. The number of aliphatic carboxylic acids is 1. The van der Waals surface area contributed by atoms with Crippen LogP contribution >= 0.6 is 0 Å². The highest BCUT2D eigenvalue weighted by Crippen LogP contribution is 2.23. The molecule has 30 heavy (non-hydrogen) atoms. The second-order valence-electron chi connectivity index (χ2n) is 6.77. The molecule has 2 heterocycles. The van der Waals surface area contributed by atoms with E-state index in [4.69, 9.17) is 19.1 Å². The lowest BCUT2D eigenvalue weighted by Gasteiger charge is -2.09. The van der Waals surface area contributed by atoms with Gasteiger partial charge in [-0.3, -0.25) is 4.79 Å². The number of aromatic nitrogens is 3. The zero-order chi connectivity index (χ0) is 20.9. The average Bonchev–Trinajstić information content (AvgIpc) is 3.34. The monoisotopic (exact) mass is 407 g/mol. The molecule has 0 unspecified atom stereocenters. The van der Waals surface area contributed by atoms with Crippen LogP contribution in [-0.4, -0.2) is 39.0 Å². The molecule has 1 N–H and O–H groups in total. The summed E-state index contributed by atoms with van der Waals surface area (Å²) in [5.41, 5.74) is 1.74. The summed E-state index contributed by atoms with van der Waals surface area (Å²) in [7, 11) is 0. The molecule has 0 spiro atoms. The van der Waals surface area contributed by atoms with Gasteiger partial charge in [-0.05, 0) is 48.5 Å². The van der Waals surface area contributed by atoms with Crippen molar-refractivity contribution < 1.29 is 23.9 Å². The van der Waals surface area contributed by atoms with E-state index in [-0.39, 0.29) is 6.54 Å². The minimum absolute atomic E-state index is 0.0588. The molecule has 0 amide bonds. The standard InChI is InChI=1S/C22H21N3O5/c1-15-23-22(24-30-15)16-3-5-18(6-4-16)28-11-2-12-29-19-7-8-20-17(13-19)9-10-25(20)14-21(26)27/h3-10,13H,2,11-12,14H2,1H3,(H,26,27). The number of rotatable bonds is 9. The third kappa shape index (κ3) is 4.60. The quantitative estimate of drug-likeness (QED) is 0.420. The first-order valence-corrected chi connectivity index (χ1v) is 9.55. The topological polar surface area (TPSA) is 99.6 Å². The van der Waals surface area contributed by atoms with Gasteiger partial charge in [0.05, 0.1) is 13.2 Å². The second kappa shape index (κ2) is 8.69. The molecule has 0 aliphatic rings. The van der Waals surface area contributed by atoms with Crippen LogP contribution in [0.3, 0.4) is 0 Å². The molecule has 0 bridgehead atoms. The van der Waals surface area contributed by atoms with E-state index in [1.807, 2.05) is 48.5 Å². The van der Waals surface area contributed by atoms with Crippen LogP contribution in [0.15, 0.2) is 59.3 Å². The summed E-state index contributed by atoms with van der Waals surface area (Å²) in [5.74, 6) is 1.73. The van der Waals surface area contributed by atoms with Gasteiger partial charge >= 0.3 is 5.97 Å². The van der Waals surface area contributed by atoms with Crippen LogP contribution in [0.1, 0.15) is 12.3 Å². The number of carboxylic acid groups (broad SMARTS) is 1. The van der Waals surface area contributed by atoms with Crippen molar-refractivity contribution >= 4 is 16.9 Å². The molecular weight excluding hydrogens is 386 g/mol. The van der Waals surface area contributed by atoms with Gasteiger partial charge in [0.2, 0.25) is 11.7 Å². The van der Waals surface area contributed by atoms with Crippen LogP contribution in [0.25, 0.3) is 22.3 Å². The molecule has 154 valence electrons. The van der Waals surface area contributed by atoms with E-state index in [9.17, 15) is 4.79 Å². The maximum atomic E-state index is 10.9. The highest BCUT2D eigenvalue weighted by Gasteiger charge is 2.07. The number of nitrogens with zero attached hydrogens (tertiary/aromatic N) is 3. The van der Waals surface area contributed by atoms with Gasteiger partial charge in [-0.1, -0.05) is 5.16 Å². The molecule has 2 aromatic carbocycles. The first-order valence-electron chi connectivity index (χ1n) is 9.55. The lowest BCUT2D eigenvalue weighted by Crippen LogP contribution is -2.07. The van der Waals surface area contributed by atoms with Gasteiger partial charge in [0.1, 0.15) is 18.0 Å². The smallest absolute Gasteiger partial charge is 0.323 e. The van der Waals surface area contributed by atoms with Gasteiger partial charge in [-0.15, -0.1) is 0 Å². The van der Waals surface area contributed by atoms with Crippen molar-refractivity contribution in [1.82, 2.24) is 14.7 Å². The Labute approximate surface area is 172 Å². The fourth-order valence-corrected chi connectivity index (χ4v) is 3.11. The minimum Gasteiger partial charge on any atom is -0.493 e. The third-order valence-corrected chi connectivity index (χ3v) is 4.51. The summed E-state index contributed by atoms with van der Waals surface area (Å²) in [5, 5.41) is 13.8. The summed E-state index contributed by atoms with van der Waals surface area (Å²) in [6.45, 7) is 2.74. The van der Waals surface area contributed by atoms with Crippen LogP contribution in [0.2, 0.25) is 0 Å². The van der Waals surface area contributed by atoms with Crippen LogP contribution in [0.4, 0.5) is 0 Å². The van der Waals surface area contributed by atoms with Gasteiger partial charge in [0.25, 0.3) is 0 Å².